The van der Waals surface area contributed by atoms with Crippen molar-refractivity contribution in [1.82, 2.24) is 0 Å². The Balaban J connectivity index is 2.06. The van der Waals surface area contributed by atoms with Gasteiger partial charge in [0.1, 0.15) is 17.2 Å². The summed E-state index contributed by atoms with van der Waals surface area (Å²) in [6.45, 7) is 10.4. The summed E-state index contributed by atoms with van der Waals surface area (Å²) in [5, 5.41) is 32.6. The summed E-state index contributed by atoms with van der Waals surface area (Å²) in [6.07, 6.45) is 1.52. The van der Waals surface area contributed by atoms with Gasteiger partial charge < -0.3 is 15.3 Å². The van der Waals surface area contributed by atoms with Gasteiger partial charge in [-0.05, 0) is 62.9 Å². The highest BCUT2D eigenvalue weighted by atomic mass is 16.3. The Morgan fingerprint density at radius 2 is 1.03 bits per heavy atom. The molecule has 3 nitrogen and oxygen atoms in total. The summed E-state index contributed by atoms with van der Waals surface area (Å²) in [6, 6.07) is 15.1. The second-order valence-corrected chi connectivity index (χ2v) is 9.36. The third-order valence-electron chi connectivity index (χ3n) is 7.11. The van der Waals surface area contributed by atoms with Crippen LogP contribution < -0.4 is 0 Å². The lowest BCUT2D eigenvalue weighted by molar-refractivity contribution is 0.332. The third-order valence-corrected chi connectivity index (χ3v) is 7.11. The molecule has 0 saturated carbocycles. The normalized spacial score (nSPS) is 23.2. The van der Waals surface area contributed by atoms with E-state index in [1.807, 2.05) is 38.1 Å². The summed E-state index contributed by atoms with van der Waals surface area (Å²) < 4.78 is 0. The first kappa shape index (κ1) is 20.3. The highest BCUT2D eigenvalue weighted by Crippen LogP contribution is 2.57. The van der Waals surface area contributed by atoms with Gasteiger partial charge in [0.15, 0.2) is 0 Å². The summed E-state index contributed by atoms with van der Waals surface area (Å²) in [5.41, 5.74) is 5.84. The first-order valence-electron chi connectivity index (χ1n) is 10.5. The van der Waals surface area contributed by atoms with Gasteiger partial charge in [-0.25, -0.2) is 0 Å². The van der Waals surface area contributed by atoms with E-state index in [0.29, 0.717) is 0 Å². The predicted octanol–water partition coefficient (Wildman–Crippen LogP) is 6.13. The van der Waals surface area contributed by atoms with E-state index in [-0.39, 0.29) is 17.2 Å². The van der Waals surface area contributed by atoms with Crippen LogP contribution in [0.5, 0.6) is 17.2 Å². The largest absolute Gasteiger partial charge is 0.508 e. The fourth-order valence-electron chi connectivity index (χ4n) is 5.44. The number of phenolic OH excluding ortho intramolecular Hbond substituents is 3. The Kier molecular flexibility index (Phi) is 4.61. The molecular formula is C27H30O3. The van der Waals surface area contributed by atoms with Gasteiger partial charge in [-0.3, -0.25) is 0 Å². The summed E-state index contributed by atoms with van der Waals surface area (Å²) >= 11 is 0. The molecule has 0 spiro atoms. The molecule has 0 heterocycles. The maximum atomic E-state index is 11.1. The molecule has 1 aliphatic carbocycles. The van der Waals surface area contributed by atoms with Gasteiger partial charge in [0.05, 0.1) is 0 Å². The standard InChI is InChI=1S/C27H30O3/c1-16-6-9-21(28)19(14-16)26(4)12-13-27(5,20-15-17(2)7-10-22(20)29)25-23(30)11-8-18(3)24(25)26/h6-11,14-15,28-30H,12-13H2,1-5H3/t26-,27+/m0/s1. The van der Waals surface area contributed by atoms with Crippen LogP contribution in [0.15, 0.2) is 48.5 Å². The molecule has 0 radical (unpaired) electrons. The maximum absolute atomic E-state index is 11.1. The highest BCUT2D eigenvalue weighted by Gasteiger charge is 2.48. The number of fused-ring (bicyclic) bond motifs is 1. The molecule has 156 valence electrons. The molecule has 1 aliphatic rings. The maximum Gasteiger partial charge on any atom is 0.119 e. The zero-order valence-electron chi connectivity index (χ0n) is 18.4. The van der Waals surface area contributed by atoms with Gasteiger partial charge in [-0.15, -0.1) is 0 Å². The molecule has 2 atom stereocenters. The molecule has 3 aromatic rings. The van der Waals surface area contributed by atoms with E-state index in [1.54, 1.807) is 18.2 Å². The van der Waals surface area contributed by atoms with Crippen molar-refractivity contribution in [3.05, 3.63) is 87.5 Å². The fraction of sp³-hybridized carbons (Fsp3) is 0.333. The molecule has 4 rings (SSSR count). The molecule has 0 bridgehead atoms. The Hall–Kier alpha value is -2.94. The molecule has 0 fully saturated rings. The summed E-state index contributed by atoms with van der Waals surface area (Å²) in [5.74, 6) is 0.757. The van der Waals surface area contributed by atoms with Crippen molar-refractivity contribution in [3.8, 4) is 17.2 Å². The monoisotopic (exact) mass is 402 g/mol. The van der Waals surface area contributed by atoms with Crippen LogP contribution in [0.4, 0.5) is 0 Å². The number of phenols is 3. The van der Waals surface area contributed by atoms with Crippen molar-refractivity contribution in [2.24, 2.45) is 0 Å². The van der Waals surface area contributed by atoms with Gasteiger partial charge in [0.25, 0.3) is 0 Å². The van der Waals surface area contributed by atoms with Crippen LogP contribution in [0.1, 0.15) is 65.6 Å². The van der Waals surface area contributed by atoms with Gasteiger partial charge in [0.2, 0.25) is 0 Å². The Bertz CT molecular complexity index is 1060. The van der Waals surface area contributed by atoms with Gasteiger partial charge in [-0.1, -0.05) is 55.3 Å². The van der Waals surface area contributed by atoms with E-state index in [2.05, 4.69) is 26.8 Å². The number of benzene rings is 3. The van der Waals surface area contributed by atoms with Crippen molar-refractivity contribution in [2.45, 2.75) is 58.3 Å². The molecule has 3 aromatic carbocycles. The number of hydrogen-bond donors (Lipinski definition) is 3. The van der Waals surface area contributed by atoms with Gasteiger partial charge in [0, 0.05) is 27.5 Å². The van der Waals surface area contributed by atoms with E-state index in [1.165, 1.54) is 0 Å². The van der Waals surface area contributed by atoms with Crippen molar-refractivity contribution < 1.29 is 15.3 Å². The van der Waals surface area contributed by atoms with Crippen LogP contribution in [0.25, 0.3) is 0 Å². The number of rotatable bonds is 2. The van der Waals surface area contributed by atoms with E-state index < -0.39 is 10.8 Å². The third kappa shape index (κ3) is 2.87. The first-order chi connectivity index (χ1) is 14.1. The molecule has 3 heteroatoms. The molecule has 3 N–H and O–H groups in total. The van der Waals surface area contributed by atoms with E-state index in [4.69, 9.17) is 0 Å². The number of aryl methyl sites for hydroxylation is 3. The minimum Gasteiger partial charge on any atom is -0.508 e. The van der Waals surface area contributed by atoms with E-state index in [0.717, 1.165) is 51.8 Å². The Labute approximate surface area is 178 Å². The molecule has 0 saturated heterocycles. The van der Waals surface area contributed by atoms with Crippen molar-refractivity contribution in [1.29, 1.82) is 0 Å². The van der Waals surface area contributed by atoms with Crippen LogP contribution in [-0.4, -0.2) is 15.3 Å². The van der Waals surface area contributed by atoms with Crippen LogP contribution in [0.3, 0.4) is 0 Å². The molecule has 0 aromatic heterocycles. The molecule has 30 heavy (non-hydrogen) atoms. The number of hydrogen-bond acceptors (Lipinski definition) is 3. The predicted molar refractivity (Wildman–Crippen MR) is 121 cm³/mol. The first-order valence-corrected chi connectivity index (χ1v) is 10.5. The molecule has 0 amide bonds. The van der Waals surface area contributed by atoms with Crippen LogP contribution in [0.2, 0.25) is 0 Å². The average Bonchev–Trinajstić information content (AvgIpc) is 2.70. The lowest BCUT2D eigenvalue weighted by Gasteiger charge is -2.47. The van der Waals surface area contributed by atoms with E-state index >= 15 is 0 Å². The Morgan fingerprint density at radius 1 is 0.600 bits per heavy atom. The second-order valence-electron chi connectivity index (χ2n) is 9.36. The molecule has 0 unspecified atom stereocenters. The summed E-state index contributed by atoms with van der Waals surface area (Å²) in [4.78, 5) is 0. The average molecular weight is 403 g/mol. The second kappa shape index (κ2) is 6.80. The zero-order valence-corrected chi connectivity index (χ0v) is 18.4. The highest BCUT2D eigenvalue weighted by molar-refractivity contribution is 5.63. The van der Waals surface area contributed by atoms with Crippen LogP contribution in [-0.2, 0) is 10.8 Å². The lowest BCUT2D eigenvalue weighted by atomic mass is 9.56. The quantitative estimate of drug-likeness (QED) is 0.483. The zero-order chi connectivity index (χ0) is 21.8. The Morgan fingerprint density at radius 3 is 1.53 bits per heavy atom. The van der Waals surface area contributed by atoms with Gasteiger partial charge in [-0.2, -0.15) is 0 Å². The van der Waals surface area contributed by atoms with Crippen molar-refractivity contribution in [2.75, 3.05) is 0 Å². The van der Waals surface area contributed by atoms with Crippen molar-refractivity contribution >= 4 is 0 Å². The lowest BCUT2D eigenvalue weighted by Crippen LogP contribution is -2.39. The van der Waals surface area contributed by atoms with Gasteiger partial charge >= 0.3 is 0 Å². The minimum absolute atomic E-state index is 0.233. The SMILES string of the molecule is Cc1ccc(O)c([C@]2(C)CC[C@](C)(c3cc(C)ccc3O)c3c(O)ccc(C)c32)c1. The van der Waals surface area contributed by atoms with E-state index in [9.17, 15) is 15.3 Å². The summed E-state index contributed by atoms with van der Waals surface area (Å²) in [7, 11) is 0. The molecule has 0 aliphatic heterocycles. The fourth-order valence-corrected chi connectivity index (χ4v) is 5.44. The number of aromatic hydroxyl groups is 3. The van der Waals surface area contributed by atoms with Crippen LogP contribution in [0, 0.1) is 20.8 Å². The topological polar surface area (TPSA) is 60.7 Å². The minimum atomic E-state index is -0.541. The molecular weight excluding hydrogens is 372 g/mol. The van der Waals surface area contributed by atoms with Crippen LogP contribution >= 0.6 is 0 Å². The smallest absolute Gasteiger partial charge is 0.119 e. The van der Waals surface area contributed by atoms with Crippen molar-refractivity contribution in [3.63, 3.8) is 0 Å².